The van der Waals surface area contributed by atoms with Gasteiger partial charge in [0.2, 0.25) is 0 Å². The van der Waals surface area contributed by atoms with Crippen molar-refractivity contribution in [2.24, 2.45) is 11.3 Å². The number of nitrogens with one attached hydrogen (secondary N) is 1. The standard InChI is InChI=1S/C19H31NO/c1-5-19(11-6-12-19)14-20-16(4)17-7-9-18(10-8-17)21-13-15(2)3/h7-10,15-16,20H,5-6,11-14H2,1-4H3. The molecule has 21 heavy (non-hydrogen) atoms. The Hall–Kier alpha value is -1.02. The van der Waals surface area contributed by atoms with Gasteiger partial charge in [0.05, 0.1) is 6.61 Å². The quantitative estimate of drug-likeness (QED) is 0.731. The molecule has 118 valence electrons. The Labute approximate surface area is 130 Å². The summed E-state index contributed by atoms with van der Waals surface area (Å²) < 4.78 is 5.74. The first kappa shape index (κ1) is 16.4. The topological polar surface area (TPSA) is 21.3 Å². The molecule has 0 amide bonds. The highest BCUT2D eigenvalue weighted by Crippen LogP contribution is 2.43. The summed E-state index contributed by atoms with van der Waals surface area (Å²) in [5, 5.41) is 3.72. The first-order valence-electron chi connectivity index (χ1n) is 8.51. The van der Waals surface area contributed by atoms with Crippen molar-refractivity contribution in [1.82, 2.24) is 5.32 Å². The second kappa shape index (κ2) is 7.31. The van der Waals surface area contributed by atoms with Gasteiger partial charge in [-0.25, -0.2) is 0 Å². The van der Waals surface area contributed by atoms with E-state index < -0.39 is 0 Å². The van der Waals surface area contributed by atoms with Crippen LogP contribution in [0.15, 0.2) is 24.3 Å². The molecule has 1 aromatic rings. The van der Waals surface area contributed by atoms with E-state index in [0.29, 0.717) is 17.4 Å². The molecule has 1 aliphatic carbocycles. The Morgan fingerprint density at radius 3 is 2.29 bits per heavy atom. The summed E-state index contributed by atoms with van der Waals surface area (Å²) in [6, 6.07) is 8.97. The minimum absolute atomic E-state index is 0.410. The first-order chi connectivity index (χ1) is 10.0. The predicted molar refractivity (Wildman–Crippen MR) is 89.8 cm³/mol. The van der Waals surface area contributed by atoms with Gasteiger partial charge in [-0.3, -0.25) is 0 Å². The minimum atomic E-state index is 0.410. The normalized spacial score (nSPS) is 18.3. The lowest BCUT2D eigenvalue weighted by atomic mass is 9.67. The molecule has 2 rings (SSSR count). The molecular formula is C19H31NO. The molecule has 0 bridgehead atoms. The average molecular weight is 289 g/mol. The molecule has 0 spiro atoms. The molecule has 1 fully saturated rings. The van der Waals surface area contributed by atoms with Crippen LogP contribution in [0.3, 0.4) is 0 Å². The van der Waals surface area contributed by atoms with Crippen LogP contribution in [0.2, 0.25) is 0 Å². The number of hydrogen-bond acceptors (Lipinski definition) is 2. The molecule has 2 heteroatoms. The van der Waals surface area contributed by atoms with Crippen LogP contribution in [0.1, 0.15) is 65.0 Å². The van der Waals surface area contributed by atoms with Crippen LogP contribution >= 0.6 is 0 Å². The van der Waals surface area contributed by atoms with E-state index in [4.69, 9.17) is 4.74 Å². The van der Waals surface area contributed by atoms with Crippen LogP contribution in [0.4, 0.5) is 0 Å². The van der Waals surface area contributed by atoms with Crippen molar-refractivity contribution in [2.45, 2.75) is 59.4 Å². The molecule has 1 atom stereocenters. The highest BCUT2D eigenvalue weighted by molar-refractivity contribution is 5.29. The summed E-state index contributed by atoms with van der Waals surface area (Å²) in [6.07, 6.45) is 5.50. The van der Waals surface area contributed by atoms with E-state index in [2.05, 4.69) is 57.3 Å². The number of rotatable bonds is 8. The monoisotopic (exact) mass is 289 g/mol. The number of ether oxygens (including phenoxy) is 1. The van der Waals surface area contributed by atoms with Crippen LogP contribution in [-0.4, -0.2) is 13.2 Å². The molecule has 1 saturated carbocycles. The Balaban J connectivity index is 1.83. The lowest BCUT2D eigenvalue weighted by Gasteiger charge is -2.42. The zero-order valence-electron chi connectivity index (χ0n) is 14.1. The fourth-order valence-corrected chi connectivity index (χ4v) is 2.94. The van der Waals surface area contributed by atoms with Crippen LogP contribution < -0.4 is 10.1 Å². The van der Waals surface area contributed by atoms with E-state index in [1.807, 2.05) is 0 Å². The van der Waals surface area contributed by atoms with Gasteiger partial charge >= 0.3 is 0 Å². The maximum atomic E-state index is 5.74. The Morgan fingerprint density at radius 1 is 1.14 bits per heavy atom. The molecular weight excluding hydrogens is 258 g/mol. The Kier molecular flexibility index (Phi) is 5.69. The maximum absolute atomic E-state index is 5.74. The van der Waals surface area contributed by atoms with Gasteiger partial charge in [-0.15, -0.1) is 0 Å². The van der Waals surface area contributed by atoms with E-state index in [0.717, 1.165) is 18.9 Å². The van der Waals surface area contributed by atoms with E-state index >= 15 is 0 Å². The van der Waals surface area contributed by atoms with Crippen LogP contribution in [0.25, 0.3) is 0 Å². The van der Waals surface area contributed by atoms with Crippen molar-refractivity contribution in [1.29, 1.82) is 0 Å². The predicted octanol–water partition coefficient (Wildman–Crippen LogP) is 4.95. The van der Waals surface area contributed by atoms with E-state index in [-0.39, 0.29) is 0 Å². The van der Waals surface area contributed by atoms with Crippen molar-refractivity contribution in [3.05, 3.63) is 29.8 Å². The first-order valence-corrected chi connectivity index (χ1v) is 8.51. The fourth-order valence-electron chi connectivity index (χ4n) is 2.94. The third-order valence-electron chi connectivity index (χ3n) is 4.91. The largest absolute Gasteiger partial charge is 0.493 e. The van der Waals surface area contributed by atoms with Gasteiger partial charge in [0, 0.05) is 12.6 Å². The van der Waals surface area contributed by atoms with E-state index in [9.17, 15) is 0 Å². The van der Waals surface area contributed by atoms with E-state index in [1.165, 1.54) is 31.2 Å². The summed E-state index contributed by atoms with van der Waals surface area (Å²) >= 11 is 0. The Morgan fingerprint density at radius 2 is 1.81 bits per heavy atom. The van der Waals surface area contributed by atoms with Gasteiger partial charge in [-0.1, -0.05) is 39.3 Å². The summed E-state index contributed by atoms with van der Waals surface area (Å²) in [5.41, 5.74) is 1.92. The zero-order valence-corrected chi connectivity index (χ0v) is 14.1. The van der Waals surface area contributed by atoms with Crippen molar-refractivity contribution < 1.29 is 4.74 Å². The molecule has 1 N–H and O–H groups in total. The highest BCUT2D eigenvalue weighted by Gasteiger charge is 2.34. The summed E-state index contributed by atoms with van der Waals surface area (Å²) in [6.45, 7) is 10.9. The molecule has 0 saturated heterocycles. The lowest BCUT2D eigenvalue weighted by molar-refractivity contribution is 0.120. The highest BCUT2D eigenvalue weighted by atomic mass is 16.5. The second-order valence-corrected chi connectivity index (χ2v) is 7.08. The third kappa shape index (κ3) is 4.47. The minimum Gasteiger partial charge on any atom is -0.493 e. The van der Waals surface area contributed by atoms with Gasteiger partial charge in [-0.2, -0.15) is 0 Å². The van der Waals surface area contributed by atoms with Crippen LogP contribution in [0, 0.1) is 11.3 Å². The Bertz CT molecular complexity index is 414. The fraction of sp³-hybridized carbons (Fsp3) is 0.684. The van der Waals surface area contributed by atoms with Crippen molar-refractivity contribution in [3.63, 3.8) is 0 Å². The van der Waals surface area contributed by atoms with Gasteiger partial charge in [0.1, 0.15) is 5.75 Å². The molecule has 0 radical (unpaired) electrons. The zero-order chi connectivity index (χ0) is 15.3. The smallest absolute Gasteiger partial charge is 0.119 e. The van der Waals surface area contributed by atoms with Crippen molar-refractivity contribution in [3.8, 4) is 5.75 Å². The molecule has 1 aliphatic rings. The maximum Gasteiger partial charge on any atom is 0.119 e. The molecule has 0 heterocycles. The molecule has 2 nitrogen and oxygen atoms in total. The summed E-state index contributed by atoms with van der Waals surface area (Å²) in [7, 11) is 0. The average Bonchev–Trinajstić information content (AvgIpc) is 2.44. The molecule has 0 aromatic heterocycles. The summed E-state index contributed by atoms with van der Waals surface area (Å²) in [4.78, 5) is 0. The second-order valence-electron chi connectivity index (χ2n) is 7.08. The third-order valence-corrected chi connectivity index (χ3v) is 4.91. The van der Waals surface area contributed by atoms with Gasteiger partial charge in [-0.05, 0) is 55.2 Å². The molecule has 1 unspecified atom stereocenters. The van der Waals surface area contributed by atoms with Gasteiger partial charge in [0.25, 0.3) is 0 Å². The SMILES string of the molecule is CCC1(CNC(C)c2ccc(OCC(C)C)cc2)CCC1. The van der Waals surface area contributed by atoms with E-state index in [1.54, 1.807) is 0 Å². The number of benzene rings is 1. The molecule has 1 aromatic carbocycles. The summed E-state index contributed by atoms with van der Waals surface area (Å²) in [5.74, 6) is 1.54. The van der Waals surface area contributed by atoms with Crippen molar-refractivity contribution >= 4 is 0 Å². The van der Waals surface area contributed by atoms with Crippen LogP contribution in [-0.2, 0) is 0 Å². The number of hydrogen-bond donors (Lipinski definition) is 1. The lowest BCUT2D eigenvalue weighted by Crippen LogP contribution is -2.40. The van der Waals surface area contributed by atoms with Gasteiger partial charge < -0.3 is 10.1 Å². The molecule has 0 aliphatic heterocycles. The van der Waals surface area contributed by atoms with Crippen molar-refractivity contribution in [2.75, 3.05) is 13.2 Å². The van der Waals surface area contributed by atoms with Crippen LogP contribution in [0.5, 0.6) is 5.75 Å². The van der Waals surface area contributed by atoms with Gasteiger partial charge in [0.15, 0.2) is 0 Å².